The van der Waals surface area contributed by atoms with Gasteiger partial charge in [0, 0.05) is 0 Å². The topological polar surface area (TPSA) is 32.3 Å². The Balaban J connectivity index is 0.0000221. The first-order valence-electron chi connectivity index (χ1n) is 20.8. The van der Waals surface area contributed by atoms with E-state index in [4.69, 9.17) is 29.0 Å². The average molecular weight is 775 g/mol. The van der Waals surface area contributed by atoms with Gasteiger partial charge in [-0.25, -0.2) is 0 Å². The molecule has 0 aromatic heterocycles. The first kappa shape index (κ1) is 48.7. The van der Waals surface area contributed by atoms with Gasteiger partial charge >= 0.3 is 19.5 Å². The van der Waals surface area contributed by atoms with Crippen LogP contribution in [0, 0.1) is 0 Å². The van der Waals surface area contributed by atoms with Crippen LogP contribution in [0.25, 0.3) is 0 Å². The Morgan fingerprint density at radius 3 is 1.06 bits per heavy atom. The first-order chi connectivity index (χ1) is 23.0. The van der Waals surface area contributed by atoms with Gasteiger partial charge in [-0.2, -0.15) is 0 Å². The number of rotatable bonds is 36. The fraction of sp³-hybridized carbons (Fsp3) is 0.857. The zero-order valence-electron chi connectivity index (χ0n) is 32.1. The van der Waals surface area contributed by atoms with Gasteiger partial charge in [-0.1, -0.05) is 219 Å². The van der Waals surface area contributed by atoms with Crippen molar-refractivity contribution in [3.8, 4) is 5.75 Å². The van der Waals surface area contributed by atoms with Crippen molar-refractivity contribution in [2.75, 3.05) is 0 Å². The van der Waals surface area contributed by atoms with Gasteiger partial charge in [0.25, 0.3) is 0 Å². The maximum Gasteiger partial charge on any atom is 2.00 e. The number of benzene rings is 1. The molecule has 48 heavy (non-hydrogen) atoms. The van der Waals surface area contributed by atoms with Crippen molar-refractivity contribution in [3.05, 3.63) is 29.3 Å². The van der Waals surface area contributed by atoms with Crippen LogP contribution in [0.4, 0.5) is 0 Å². The fourth-order valence-electron chi connectivity index (χ4n) is 6.91. The summed E-state index contributed by atoms with van der Waals surface area (Å²) in [6.45, 7) is 4.58. The van der Waals surface area contributed by atoms with Crippen LogP contribution in [0.15, 0.2) is 18.2 Å². The summed E-state index contributed by atoms with van der Waals surface area (Å²) in [5.74, 6) is 0.674. The van der Waals surface area contributed by atoms with Gasteiger partial charge in [-0.05, 0) is 42.9 Å². The third-order valence-corrected chi connectivity index (χ3v) is 10.8. The molecular formula is C42H77O2PS2Zn. The summed E-state index contributed by atoms with van der Waals surface area (Å²) in [6.07, 6.45) is 42.7. The second-order valence-electron chi connectivity index (χ2n) is 14.6. The van der Waals surface area contributed by atoms with Gasteiger partial charge in [0.1, 0.15) is 0 Å². The van der Waals surface area contributed by atoms with Crippen LogP contribution in [-0.4, -0.2) is 0 Å². The minimum Gasteiger partial charge on any atom is -0.682 e. The molecule has 0 saturated carbocycles. The largest absolute Gasteiger partial charge is 2.00 e. The summed E-state index contributed by atoms with van der Waals surface area (Å²) in [7, 11) is 0. The molecule has 0 saturated heterocycles. The van der Waals surface area contributed by atoms with Crippen LogP contribution in [0.3, 0.4) is 0 Å². The summed E-state index contributed by atoms with van der Waals surface area (Å²) in [5, 5.41) is 0. The molecule has 0 N–H and O–H groups in total. The molecule has 0 atom stereocenters. The van der Waals surface area contributed by atoms with Crippen molar-refractivity contribution >= 4 is 30.6 Å². The molecule has 0 spiro atoms. The van der Waals surface area contributed by atoms with Crippen molar-refractivity contribution in [2.45, 2.75) is 232 Å². The molecule has 0 fully saturated rings. The molecule has 6 heteroatoms. The standard InChI is InChI=1S/C42H79O2PS2.Zn/c1-3-5-7-9-11-13-15-17-19-21-23-25-27-29-31-33-35-40-37-38-41(42(39-40)44-45(43,46)47)36-34-32-30-28-26-24-22-20-18-16-14-12-10-8-6-4-2;/h37-39H,3-36H2,1-2H3,(H2,43,46,47);/q;+2/p-2. The van der Waals surface area contributed by atoms with E-state index in [0.717, 1.165) is 24.8 Å². The van der Waals surface area contributed by atoms with E-state index >= 15 is 0 Å². The van der Waals surface area contributed by atoms with Crippen molar-refractivity contribution in [3.63, 3.8) is 0 Å². The van der Waals surface area contributed by atoms with Crippen molar-refractivity contribution in [1.82, 2.24) is 0 Å². The number of unbranched alkanes of at least 4 members (excludes halogenated alkanes) is 30. The van der Waals surface area contributed by atoms with Crippen molar-refractivity contribution in [1.29, 1.82) is 0 Å². The molecule has 1 aromatic carbocycles. The molecular weight excluding hydrogens is 697 g/mol. The molecule has 0 bridgehead atoms. The van der Waals surface area contributed by atoms with E-state index in [1.807, 2.05) is 0 Å². The second-order valence-corrected chi connectivity index (χ2v) is 19.2. The minimum absolute atomic E-state index is 0. The predicted octanol–water partition coefficient (Wildman–Crippen LogP) is 14.8. The SMILES string of the molecule is CCCCCCCCCCCCCCCCCCc1ccc(CCCCCCCCCCCCCCCCCC)c(O[P+]([O-])([S-])[S-])c1.[Zn+2]. The summed E-state index contributed by atoms with van der Waals surface area (Å²) in [5.41, 5.74) is 2.36. The molecule has 0 aliphatic heterocycles. The van der Waals surface area contributed by atoms with Crippen LogP contribution in [0.1, 0.15) is 230 Å². The van der Waals surface area contributed by atoms with E-state index < -0.39 is 6.12 Å². The molecule has 0 aliphatic rings. The van der Waals surface area contributed by atoms with E-state index in [-0.39, 0.29) is 19.5 Å². The van der Waals surface area contributed by atoms with Gasteiger partial charge in [-0.15, -0.1) is 6.12 Å². The first-order valence-corrected chi connectivity index (χ1v) is 24.4. The summed E-state index contributed by atoms with van der Waals surface area (Å²) in [4.78, 5) is 12.2. The minimum atomic E-state index is -3.41. The van der Waals surface area contributed by atoms with Crippen LogP contribution >= 0.6 is 6.12 Å². The number of hydrogen-bond acceptors (Lipinski definition) is 4. The fourth-order valence-corrected chi connectivity index (χ4v) is 7.80. The Labute approximate surface area is 324 Å². The maximum absolute atomic E-state index is 12.2. The molecule has 0 radical (unpaired) electrons. The van der Waals surface area contributed by atoms with Crippen LogP contribution < -0.4 is 9.42 Å². The Hall–Kier alpha value is 0.733. The monoisotopic (exact) mass is 772 g/mol. The Morgan fingerprint density at radius 2 is 0.750 bits per heavy atom. The summed E-state index contributed by atoms with van der Waals surface area (Å²) < 4.78 is 5.67. The molecule has 276 valence electrons. The number of aryl methyl sites for hydroxylation is 2. The van der Waals surface area contributed by atoms with Crippen LogP contribution in [-0.2, 0) is 56.8 Å². The molecule has 0 heterocycles. The smallest absolute Gasteiger partial charge is 0.682 e. The van der Waals surface area contributed by atoms with Gasteiger partial charge in [-0.3, -0.25) is 0 Å². The van der Waals surface area contributed by atoms with Crippen LogP contribution in [0.5, 0.6) is 5.75 Å². The predicted molar refractivity (Wildman–Crippen MR) is 215 cm³/mol. The quantitative estimate of drug-likeness (QED) is 0.0294. The van der Waals surface area contributed by atoms with Gasteiger partial charge in [0.2, 0.25) is 0 Å². The number of hydrogen-bond donors (Lipinski definition) is 0. The molecule has 1 rings (SSSR count). The molecule has 1 aromatic rings. The third kappa shape index (κ3) is 32.6. The zero-order valence-corrected chi connectivity index (χ0v) is 37.6. The van der Waals surface area contributed by atoms with E-state index in [0.29, 0.717) is 5.75 Å². The zero-order chi connectivity index (χ0) is 34.1. The Bertz CT molecular complexity index is 804. The van der Waals surface area contributed by atoms with Crippen molar-refractivity contribution in [2.24, 2.45) is 0 Å². The van der Waals surface area contributed by atoms with Gasteiger partial charge in [0.05, 0.1) is 0 Å². The second kappa shape index (κ2) is 36.1. The molecule has 2 nitrogen and oxygen atoms in total. The maximum atomic E-state index is 12.2. The van der Waals surface area contributed by atoms with E-state index in [1.54, 1.807) is 0 Å². The average Bonchev–Trinajstić information content (AvgIpc) is 3.04. The van der Waals surface area contributed by atoms with Gasteiger partial charge in [0.15, 0.2) is 5.75 Å². The third-order valence-electron chi connectivity index (χ3n) is 9.96. The van der Waals surface area contributed by atoms with E-state index in [9.17, 15) is 4.89 Å². The Morgan fingerprint density at radius 1 is 0.458 bits per heavy atom. The molecule has 0 aliphatic carbocycles. The molecule has 0 unspecified atom stereocenters. The van der Waals surface area contributed by atoms with Crippen molar-refractivity contribution < 1.29 is 28.9 Å². The molecule has 0 amide bonds. The normalized spacial score (nSPS) is 11.6. The summed E-state index contributed by atoms with van der Waals surface area (Å²) >= 11 is 9.96. The summed E-state index contributed by atoms with van der Waals surface area (Å²) in [6, 6.07) is 6.47. The Kier molecular flexibility index (Phi) is 36.7. The van der Waals surface area contributed by atoms with E-state index in [1.165, 1.54) is 205 Å². The van der Waals surface area contributed by atoms with E-state index in [2.05, 4.69) is 32.0 Å². The van der Waals surface area contributed by atoms with Crippen LogP contribution in [0.2, 0.25) is 0 Å². The van der Waals surface area contributed by atoms with Gasteiger partial charge < -0.3 is 33.9 Å².